The van der Waals surface area contributed by atoms with E-state index < -0.39 is 0 Å². The third-order valence-electron chi connectivity index (χ3n) is 4.44. The number of aryl methyl sites for hydroxylation is 1. The molecule has 0 saturated carbocycles. The van der Waals surface area contributed by atoms with Crippen LogP contribution < -0.4 is 10.7 Å². The van der Waals surface area contributed by atoms with Gasteiger partial charge in [-0.25, -0.2) is 9.66 Å². The summed E-state index contributed by atoms with van der Waals surface area (Å²) in [6.45, 7) is 3.53. The second-order valence-corrected chi connectivity index (χ2v) is 9.00. The van der Waals surface area contributed by atoms with Gasteiger partial charge in [0, 0.05) is 28.6 Å². The molecule has 0 aliphatic carbocycles. The predicted octanol–water partition coefficient (Wildman–Crippen LogP) is 5.05. The van der Waals surface area contributed by atoms with Crippen LogP contribution in [0.4, 0.5) is 10.8 Å². The normalized spacial score (nSPS) is 10.9. The number of anilines is 2. The van der Waals surface area contributed by atoms with Gasteiger partial charge in [-0.1, -0.05) is 59.3 Å². The number of rotatable bonds is 6. The monoisotopic (exact) mass is 470 g/mol. The molecule has 0 spiro atoms. The van der Waals surface area contributed by atoms with E-state index in [1.807, 2.05) is 42.6 Å². The van der Waals surface area contributed by atoms with E-state index in [-0.39, 0.29) is 5.91 Å². The second kappa shape index (κ2) is 9.09. The average molecular weight is 471 g/mol. The van der Waals surface area contributed by atoms with Crippen LogP contribution in [0.15, 0.2) is 59.1 Å². The van der Waals surface area contributed by atoms with Gasteiger partial charge in [-0.15, -0.1) is 21.5 Å². The number of benzene rings is 2. The molecule has 2 aromatic heterocycles. The Morgan fingerprint density at radius 2 is 2.00 bits per heavy atom. The first-order chi connectivity index (χ1) is 14.9. The van der Waals surface area contributed by atoms with Gasteiger partial charge in [0.2, 0.25) is 11.1 Å². The van der Waals surface area contributed by atoms with Gasteiger partial charge in [0.25, 0.3) is 0 Å². The van der Waals surface area contributed by atoms with E-state index in [1.165, 1.54) is 34.7 Å². The number of hydrogen-bond acceptors (Lipinski definition) is 7. The number of carbonyl (C=O) groups is 1. The highest BCUT2D eigenvalue weighted by Crippen LogP contribution is 2.32. The molecule has 2 heterocycles. The lowest BCUT2D eigenvalue weighted by Crippen LogP contribution is -2.22. The van der Waals surface area contributed by atoms with Crippen molar-refractivity contribution in [1.29, 1.82) is 0 Å². The molecule has 4 aromatic rings. The molecule has 1 amide bonds. The molecule has 0 unspecified atom stereocenters. The molecule has 0 bridgehead atoms. The summed E-state index contributed by atoms with van der Waals surface area (Å²) >= 11 is 8.91. The van der Waals surface area contributed by atoms with Gasteiger partial charge in [-0.05, 0) is 25.1 Å². The van der Waals surface area contributed by atoms with Gasteiger partial charge >= 0.3 is 0 Å². The molecular weight excluding hydrogens is 452 g/mol. The molecule has 0 radical (unpaired) electrons. The molecule has 0 aliphatic heterocycles. The molecular formula is C21H19ClN6OS2. The lowest BCUT2D eigenvalue weighted by Gasteiger charge is -2.18. The number of thioether (sulfide) groups is 1. The first-order valence-corrected chi connectivity index (χ1v) is 11.6. The van der Waals surface area contributed by atoms with Crippen LogP contribution in [0.2, 0.25) is 5.02 Å². The number of aromatic nitrogens is 4. The smallest absolute Gasteiger partial charge is 0.230 e. The number of thiazole rings is 1. The number of nitrogens with two attached hydrogens (primary N) is 1. The zero-order chi connectivity index (χ0) is 22.0. The molecule has 0 fully saturated rings. The number of halogens is 1. The molecule has 4 rings (SSSR count). The Morgan fingerprint density at radius 1 is 1.23 bits per heavy atom. The SMILES string of the molecule is CC(=O)N(c1cccc(Cl)c1)c1nc(CSc2nnc(-c3ccc(C)cc3)n2N)cs1. The third kappa shape index (κ3) is 4.73. The van der Waals surface area contributed by atoms with Gasteiger partial charge in [0.05, 0.1) is 11.4 Å². The maximum atomic E-state index is 12.3. The van der Waals surface area contributed by atoms with Crippen LogP contribution in [-0.2, 0) is 10.5 Å². The van der Waals surface area contributed by atoms with Crippen LogP contribution in [-0.4, -0.2) is 25.8 Å². The number of carbonyl (C=O) groups excluding carboxylic acids is 1. The van der Waals surface area contributed by atoms with Gasteiger partial charge in [0.1, 0.15) is 0 Å². The summed E-state index contributed by atoms with van der Waals surface area (Å²) in [5.74, 6) is 7.21. The minimum absolute atomic E-state index is 0.139. The largest absolute Gasteiger partial charge is 0.335 e. The number of hydrogen-bond donors (Lipinski definition) is 1. The third-order valence-corrected chi connectivity index (χ3v) is 6.52. The Kier molecular flexibility index (Phi) is 6.26. The maximum absolute atomic E-state index is 12.3. The van der Waals surface area contributed by atoms with Gasteiger partial charge in [0.15, 0.2) is 11.0 Å². The fourth-order valence-electron chi connectivity index (χ4n) is 2.92. The number of nitrogens with zero attached hydrogens (tertiary/aromatic N) is 5. The Morgan fingerprint density at radius 3 is 2.71 bits per heavy atom. The fourth-order valence-corrected chi connectivity index (χ4v) is 4.85. The Balaban J connectivity index is 1.49. The van der Waals surface area contributed by atoms with Crippen molar-refractivity contribution in [3.63, 3.8) is 0 Å². The summed E-state index contributed by atoms with van der Waals surface area (Å²) < 4.78 is 1.48. The van der Waals surface area contributed by atoms with Crippen LogP contribution in [0.25, 0.3) is 11.4 Å². The summed E-state index contributed by atoms with van der Waals surface area (Å²) in [6, 6.07) is 15.1. The van der Waals surface area contributed by atoms with Crippen molar-refractivity contribution in [3.05, 3.63) is 70.2 Å². The van der Waals surface area contributed by atoms with Crippen LogP contribution in [0.3, 0.4) is 0 Å². The Labute approximate surface area is 192 Å². The van der Waals surface area contributed by atoms with E-state index in [2.05, 4.69) is 15.2 Å². The highest BCUT2D eigenvalue weighted by atomic mass is 35.5. The lowest BCUT2D eigenvalue weighted by molar-refractivity contribution is -0.115. The predicted molar refractivity (Wildman–Crippen MR) is 126 cm³/mol. The molecule has 0 saturated heterocycles. The second-order valence-electron chi connectivity index (χ2n) is 6.79. The molecule has 10 heteroatoms. The van der Waals surface area contributed by atoms with Crippen molar-refractivity contribution in [2.45, 2.75) is 24.8 Å². The standard InChI is InChI=1S/C21H19ClN6OS2/c1-13-6-8-15(9-7-13)19-25-26-21(28(19)23)31-12-17-11-30-20(24-17)27(14(2)29)18-5-3-4-16(22)10-18/h3-11H,12,23H2,1-2H3. The molecule has 0 atom stereocenters. The zero-order valence-electron chi connectivity index (χ0n) is 16.8. The van der Waals surface area contributed by atoms with E-state index >= 15 is 0 Å². The zero-order valence-corrected chi connectivity index (χ0v) is 19.2. The van der Waals surface area contributed by atoms with Gasteiger partial charge < -0.3 is 5.84 Å². The minimum Gasteiger partial charge on any atom is -0.335 e. The number of nitrogen functional groups attached to an aromatic ring is 1. The molecule has 7 nitrogen and oxygen atoms in total. The van der Waals surface area contributed by atoms with Crippen LogP contribution in [0, 0.1) is 6.92 Å². The summed E-state index contributed by atoms with van der Waals surface area (Å²) in [4.78, 5) is 18.4. The average Bonchev–Trinajstić information content (AvgIpc) is 3.34. The molecule has 2 N–H and O–H groups in total. The summed E-state index contributed by atoms with van der Waals surface area (Å²) in [6.07, 6.45) is 0. The highest BCUT2D eigenvalue weighted by Gasteiger charge is 2.19. The van der Waals surface area contributed by atoms with Crippen molar-refractivity contribution >= 4 is 51.4 Å². The van der Waals surface area contributed by atoms with Crippen molar-refractivity contribution < 1.29 is 4.79 Å². The van der Waals surface area contributed by atoms with Crippen LogP contribution in [0.1, 0.15) is 18.2 Å². The van der Waals surface area contributed by atoms with E-state index in [0.717, 1.165) is 16.8 Å². The maximum Gasteiger partial charge on any atom is 0.230 e. The highest BCUT2D eigenvalue weighted by molar-refractivity contribution is 7.98. The quantitative estimate of drug-likeness (QED) is 0.313. The van der Waals surface area contributed by atoms with Crippen molar-refractivity contribution in [1.82, 2.24) is 19.9 Å². The van der Waals surface area contributed by atoms with Crippen molar-refractivity contribution in [3.8, 4) is 11.4 Å². The summed E-state index contributed by atoms with van der Waals surface area (Å²) in [5.41, 5.74) is 3.57. The molecule has 2 aromatic carbocycles. The first-order valence-electron chi connectivity index (χ1n) is 9.33. The molecule has 0 aliphatic rings. The first kappa shape index (κ1) is 21.4. The molecule has 31 heavy (non-hydrogen) atoms. The van der Waals surface area contributed by atoms with E-state index in [0.29, 0.717) is 32.6 Å². The van der Waals surface area contributed by atoms with E-state index in [9.17, 15) is 4.79 Å². The van der Waals surface area contributed by atoms with Crippen molar-refractivity contribution in [2.24, 2.45) is 0 Å². The van der Waals surface area contributed by atoms with Crippen molar-refractivity contribution in [2.75, 3.05) is 10.7 Å². The topological polar surface area (TPSA) is 89.9 Å². The lowest BCUT2D eigenvalue weighted by atomic mass is 10.1. The summed E-state index contributed by atoms with van der Waals surface area (Å²) in [5, 5.41) is 12.1. The fraction of sp³-hybridized carbons (Fsp3) is 0.143. The van der Waals surface area contributed by atoms with E-state index in [4.69, 9.17) is 17.4 Å². The Hall–Kier alpha value is -2.88. The van der Waals surface area contributed by atoms with Gasteiger partial charge in [-0.3, -0.25) is 9.69 Å². The van der Waals surface area contributed by atoms with E-state index in [1.54, 1.807) is 23.1 Å². The number of amides is 1. The van der Waals surface area contributed by atoms with Crippen LogP contribution in [0.5, 0.6) is 0 Å². The summed E-state index contributed by atoms with van der Waals surface area (Å²) in [7, 11) is 0. The minimum atomic E-state index is -0.139. The Bertz CT molecular complexity index is 1220. The molecule has 158 valence electrons. The van der Waals surface area contributed by atoms with Crippen LogP contribution >= 0.6 is 34.7 Å². The van der Waals surface area contributed by atoms with Gasteiger partial charge in [-0.2, -0.15) is 0 Å².